The molecule has 1 saturated carbocycles. The van der Waals surface area contributed by atoms with E-state index in [1.54, 1.807) is 0 Å². The standard InChI is InChI=1S/C26H36N4O2S/c1-19-7-10-23(33-19)18-29(15-11-20-5-3-2-4-6-20)22-12-16-30(26(32)21-8-9-21)24(17-22)25(31)28-14-13-27/h2-7,10,21-22,24H,8-9,11-18,27H2,1H3,(H,28,31)/t22?,24-/m1/s1. The Kier molecular flexibility index (Phi) is 8.17. The largest absolute Gasteiger partial charge is 0.353 e. The van der Waals surface area contributed by atoms with Gasteiger partial charge in [0.15, 0.2) is 0 Å². The lowest BCUT2D eigenvalue weighted by Crippen LogP contribution is -2.58. The van der Waals surface area contributed by atoms with Crippen molar-refractivity contribution >= 4 is 23.2 Å². The highest BCUT2D eigenvalue weighted by atomic mass is 32.1. The fourth-order valence-electron chi connectivity index (χ4n) is 4.75. The van der Waals surface area contributed by atoms with Gasteiger partial charge < -0.3 is 16.0 Å². The summed E-state index contributed by atoms with van der Waals surface area (Å²) < 4.78 is 0. The first kappa shape index (κ1) is 23.9. The van der Waals surface area contributed by atoms with E-state index in [-0.39, 0.29) is 23.8 Å². The van der Waals surface area contributed by atoms with E-state index < -0.39 is 6.04 Å². The highest BCUT2D eigenvalue weighted by Crippen LogP contribution is 2.34. The third kappa shape index (κ3) is 6.43. The lowest BCUT2D eigenvalue weighted by Gasteiger charge is -2.43. The molecule has 0 radical (unpaired) electrons. The van der Waals surface area contributed by atoms with Crippen molar-refractivity contribution in [2.24, 2.45) is 11.7 Å². The van der Waals surface area contributed by atoms with E-state index in [2.05, 4.69) is 53.5 Å². The number of benzene rings is 1. The van der Waals surface area contributed by atoms with Gasteiger partial charge in [-0.1, -0.05) is 30.3 Å². The number of likely N-dealkylation sites (tertiary alicyclic amines) is 1. The number of rotatable bonds is 10. The number of nitrogens with two attached hydrogens (primary N) is 1. The Hall–Kier alpha value is -2.22. The Morgan fingerprint density at radius 2 is 1.94 bits per heavy atom. The second-order valence-corrected chi connectivity index (χ2v) is 10.7. The lowest BCUT2D eigenvalue weighted by molar-refractivity contribution is -0.144. The van der Waals surface area contributed by atoms with E-state index in [1.807, 2.05) is 22.3 Å². The summed E-state index contributed by atoms with van der Waals surface area (Å²) in [6, 6.07) is 14.8. The van der Waals surface area contributed by atoms with Gasteiger partial charge in [-0.05, 0) is 56.7 Å². The van der Waals surface area contributed by atoms with Gasteiger partial charge in [-0.2, -0.15) is 0 Å². The number of hydrogen-bond donors (Lipinski definition) is 2. The predicted molar refractivity (Wildman–Crippen MR) is 133 cm³/mol. The van der Waals surface area contributed by atoms with Gasteiger partial charge >= 0.3 is 0 Å². The molecule has 1 aromatic heterocycles. The molecule has 0 bridgehead atoms. The number of piperidine rings is 1. The van der Waals surface area contributed by atoms with E-state index in [0.29, 0.717) is 26.1 Å². The molecule has 2 aliphatic rings. The Labute approximate surface area is 201 Å². The molecular weight excluding hydrogens is 432 g/mol. The molecule has 33 heavy (non-hydrogen) atoms. The summed E-state index contributed by atoms with van der Waals surface area (Å²) in [6.07, 6.45) is 4.45. The number of amides is 2. The maximum Gasteiger partial charge on any atom is 0.242 e. The van der Waals surface area contributed by atoms with Crippen molar-refractivity contribution in [3.63, 3.8) is 0 Å². The van der Waals surface area contributed by atoms with Gasteiger partial charge in [-0.3, -0.25) is 14.5 Å². The first-order chi connectivity index (χ1) is 16.0. The molecule has 178 valence electrons. The van der Waals surface area contributed by atoms with Crippen molar-refractivity contribution in [2.75, 3.05) is 26.2 Å². The van der Waals surface area contributed by atoms with Gasteiger partial charge in [0.25, 0.3) is 0 Å². The van der Waals surface area contributed by atoms with Crippen LogP contribution in [0.5, 0.6) is 0 Å². The maximum absolute atomic E-state index is 13.0. The fraction of sp³-hybridized carbons (Fsp3) is 0.538. The average Bonchev–Trinajstić information content (AvgIpc) is 3.61. The molecule has 2 aromatic rings. The zero-order chi connectivity index (χ0) is 23.2. The molecule has 3 N–H and O–H groups in total. The van der Waals surface area contributed by atoms with Crippen molar-refractivity contribution in [3.8, 4) is 0 Å². The van der Waals surface area contributed by atoms with Gasteiger partial charge in [0, 0.05) is 54.4 Å². The van der Waals surface area contributed by atoms with E-state index in [4.69, 9.17) is 5.73 Å². The molecule has 1 aliphatic carbocycles. The van der Waals surface area contributed by atoms with Crippen LogP contribution in [0, 0.1) is 12.8 Å². The average molecular weight is 469 g/mol. The number of thiophene rings is 1. The first-order valence-corrected chi connectivity index (χ1v) is 13.0. The minimum Gasteiger partial charge on any atom is -0.353 e. The summed E-state index contributed by atoms with van der Waals surface area (Å²) in [4.78, 5) is 33.0. The van der Waals surface area contributed by atoms with Gasteiger partial charge in [-0.25, -0.2) is 0 Å². The Bertz CT molecular complexity index is 927. The van der Waals surface area contributed by atoms with Crippen molar-refractivity contribution in [1.29, 1.82) is 0 Å². The minimum atomic E-state index is -0.410. The predicted octanol–water partition coefficient (Wildman–Crippen LogP) is 2.95. The summed E-state index contributed by atoms with van der Waals surface area (Å²) in [5, 5.41) is 2.94. The summed E-state index contributed by atoms with van der Waals surface area (Å²) in [7, 11) is 0. The summed E-state index contributed by atoms with van der Waals surface area (Å²) in [5.41, 5.74) is 6.94. The van der Waals surface area contributed by atoms with Crippen LogP contribution in [0.3, 0.4) is 0 Å². The number of hydrogen-bond acceptors (Lipinski definition) is 5. The molecular formula is C26H36N4O2S. The van der Waals surface area contributed by atoms with Gasteiger partial charge in [0.05, 0.1) is 0 Å². The second-order valence-electron chi connectivity index (χ2n) is 9.30. The van der Waals surface area contributed by atoms with Crippen LogP contribution in [0.25, 0.3) is 0 Å². The van der Waals surface area contributed by atoms with Gasteiger partial charge in [0.2, 0.25) is 11.8 Å². The molecule has 2 heterocycles. The smallest absolute Gasteiger partial charge is 0.242 e. The molecule has 7 heteroatoms. The number of nitrogens with one attached hydrogen (secondary N) is 1. The Balaban J connectivity index is 1.50. The van der Waals surface area contributed by atoms with E-state index in [1.165, 1.54) is 15.3 Å². The van der Waals surface area contributed by atoms with Gasteiger partial charge in [0.1, 0.15) is 6.04 Å². The Morgan fingerprint density at radius 1 is 1.15 bits per heavy atom. The molecule has 0 spiro atoms. The van der Waals surface area contributed by atoms with E-state index in [9.17, 15) is 9.59 Å². The normalized spacial score (nSPS) is 20.8. The molecule has 1 saturated heterocycles. The van der Waals surface area contributed by atoms with Crippen LogP contribution in [-0.2, 0) is 22.6 Å². The van der Waals surface area contributed by atoms with Crippen LogP contribution in [-0.4, -0.2) is 59.9 Å². The summed E-state index contributed by atoms with van der Waals surface area (Å²) in [6.45, 7) is 5.44. The third-order valence-corrected chi connectivity index (χ3v) is 7.72. The van der Waals surface area contributed by atoms with Crippen molar-refractivity contribution < 1.29 is 9.59 Å². The SMILES string of the molecule is Cc1ccc(CN(CCc2ccccc2)C2CCN(C(=O)C3CC3)[C@@H](C(=O)NCCN)C2)s1. The van der Waals surface area contributed by atoms with Crippen molar-refractivity contribution in [2.45, 2.75) is 57.7 Å². The quantitative estimate of drug-likeness (QED) is 0.562. The van der Waals surface area contributed by atoms with Crippen LogP contribution in [0.1, 0.15) is 41.0 Å². The molecule has 2 amide bonds. The summed E-state index contributed by atoms with van der Waals surface area (Å²) in [5.74, 6) is 0.217. The first-order valence-electron chi connectivity index (χ1n) is 12.2. The molecule has 4 rings (SSSR count). The molecule has 2 fully saturated rings. The molecule has 1 aliphatic heterocycles. The number of aryl methyl sites for hydroxylation is 1. The zero-order valence-electron chi connectivity index (χ0n) is 19.5. The van der Waals surface area contributed by atoms with Crippen molar-refractivity contribution in [3.05, 3.63) is 57.8 Å². The van der Waals surface area contributed by atoms with Crippen LogP contribution < -0.4 is 11.1 Å². The summed E-state index contributed by atoms with van der Waals surface area (Å²) >= 11 is 1.84. The zero-order valence-corrected chi connectivity index (χ0v) is 20.4. The maximum atomic E-state index is 13.0. The number of carbonyl (C=O) groups excluding carboxylic acids is 2. The Morgan fingerprint density at radius 3 is 2.61 bits per heavy atom. The van der Waals surface area contributed by atoms with Crippen LogP contribution in [0.15, 0.2) is 42.5 Å². The molecule has 1 unspecified atom stereocenters. The topological polar surface area (TPSA) is 78.7 Å². The highest BCUT2D eigenvalue weighted by Gasteiger charge is 2.42. The minimum absolute atomic E-state index is 0.0610. The number of nitrogens with zero attached hydrogens (tertiary/aromatic N) is 2. The monoisotopic (exact) mass is 468 g/mol. The second kappa shape index (κ2) is 11.3. The third-order valence-electron chi connectivity index (χ3n) is 6.73. The number of carbonyl (C=O) groups is 2. The van der Waals surface area contributed by atoms with Gasteiger partial charge in [-0.15, -0.1) is 11.3 Å². The van der Waals surface area contributed by atoms with Crippen LogP contribution in [0.4, 0.5) is 0 Å². The van der Waals surface area contributed by atoms with E-state index >= 15 is 0 Å². The lowest BCUT2D eigenvalue weighted by atomic mass is 9.93. The van der Waals surface area contributed by atoms with Crippen LogP contribution >= 0.6 is 11.3 Å². The van der Waals surface area contributed by atoms with Crippen LogP contribution in [0.2, 0.25) is 0 Å². The molecule has 6 nitrogen and oxygen atoms in total. The highest BCUT2D eigenvalue weighted by molar-refractivity contribution is 7.11. The van der Waals surface area contributed by atoms with Crippen molar-refractivity contribution in [1.82, 2.24) is 15.1 Å². The fourth-order valence-corrected chi connectivity index (χ4v) is 5.66. The molecule has 2 atom stereocenters. The van der Waals surface area contributed by atoms with E-state index in [0.717, 1.165) is 38.8 Å². The molecule has 1 aromatic carbocycles.